The number of carbonyl (C=O) groups is 2. The van der Waals surface area contributed by atoms with Gasteiger partial charge in [0, 0.05) is 11.4 Å². The number of ether oxygens (including phenoxy) is 2. The molecular formula is C16H10Cl2F6N2O4. The lowest BCUT2D eigenvalue weighted by Crippen LogP contribution is -2.17. The Morgan fingerprint density at radius 1 is 0.633 bits per heavy atom. The quantitative estimate of drug-likeness (QED) is 0.290. The summed E-state index contributed by atoms with van der Waals surface area (Å²) in [6.45, 7) is 0. The SMILES string of the molecule is O=C(Cl)Nc1ccc(OC(F)(F)F)cc1.O=C(Cl)Nc1ccc(OC(F)(F)F)cc1. The van der Waals surface area contributed by atoms with E-state index in [-0.39, 0.29) is 22.9 Å². The van der Waals surface area contributed by atoms with Gasteiger partial charge in [0.25, 0.3) is 0 Å². The predicted molar refractivity (Wildman–Crippen MR) is 96.0 cm³/mol. The molecule has 0 atom stereocenters. The molecule has 0 aliphatic carbocycles. The summed E-state index contributed by atoms with van der Waals surface area (Å²) in [5, 5.41) is 2.73. The molecule has 0 bridgehead atoms. The van der Waals surface area contributed by atoms with Crippen molar-refractivity contribution >= 4 is 45.3 Å². The van der Waals surface area contributed by atoms with Crippen LogP contribution in [-0.4, -0.2) is 23.5 Å². The molecule has 0 saturated carbocycles. The topological polar surface area (TPSA) is 76.7 Å². The number of nitrogens with one attached hydrogen (secondary N) is 2. The van der Waals surface area contributed by atoms with Crippen molar-refractivity contribution in [1.29, 1.82) is 0 Å². The Labute approximate surface area is 174 Å². The van der Waals surface area contributed by atoms with Crippen molar-refractivity contribution in [3.63, 3.8) is 0 Å². The summed E-state index contributed by atoms with van der Waals surface area (Å²) in [5.41, 5.74) is 0.564. The third-order valence-corrected chi connectivity index (χ3v) is 2.85. The molecule has 164 valence electrons. The summed E-state index contributed by atoms with van der Waals surface area (Å²) in [7, 11) is 0. The lowest BCUT2D eigenvalue weighted by Gasteiger charge is -2.08. The zero-order chi connectivity index (χ0) is 22.9. The molecule has 0 spiro atoms. The van der Waals surface area contributed by atoms with Gasteiger partial charge in [0.15, 0.2) is 0 Å². The van der Waals surface area contributed by atoms with Crippen LogP contribution in [-0.2, 0) is 0 Å². The van der Waals surface area contributed by atoms with Crippen molar-refractivity contribution < 1.29 is 45.4 Å². The number of amides is 2. The largest absolute Gasteiger partial charge is 0.573 e. The molecule has 0 heterocycles. The number of benzene rings is 2. The Morgan fingerprint density at radius 3 is 1.10 bits per heavy atom. The summed E-state index contributed by atoms with van der Waals surface area (Å²) in [4.78, 5) is 20.7. The molecule has 30 heavy (non-hydrogen) atoms. The Morgan fingerprint density at radius 2 is 0.900 bits per heavy atom. The van der Waals surface area contributed by atoms with E-state index in [1.807, 2.05) is 0 Å². The second kappa shape index (κ2) is 10.8. The average molecular weight is 479 g/mol. The van der Waals surface area contributed by atoms with Crippen LogP contribution in [0.5, 0.6) is 11.5 Å². The van der Waals surface area contributed by atoms with Crippen LogP contribution in [0.3, 0.4) is 0 Å². The first-order valence-corrected chi connectivity index (χ1v) is 8.14. The minimum absolute atomic E-state index is 0.282. The van der Waals surface area contributed by atoms with Crippen LogP contribution in [0.15, 0.2) is 48.5 Å². The minimum Gasteiger partial charge on any atom is -0.406 e. The lowest BCUT2D eigenvalue weighted by molar-refractivity contribution is -0.275. The van der Waals surface area contributed by atoms with Crippen molar-refractivity contribution in [3.05, 3.63) is 48.5 Å². The van der Waals surface area contributed by atoms with Crippen molar-refractivity contribution in [2.45, 2.75) is 12.7 Å². The molecular weight excluding hydrogens is 469 g/mol. The Bertz CT molecular complexity index is 771. The fraction of sp³-hybridized carbons (Fsp3) is 0.125. The van der Waals surface area contributed by atoms with Crippen LogP contribution in [0.4, 0.5) is 47.3 Å². The molecule has 2 aromatic carbocycles. The summed E-state index contributed by atoms with van der Waals surface area (Å²) < 4.78 is 77.7. The van der Waals surface area contributed by atoms with Gasteiger partial charge >= 0.3 is 23.5 Å². The molecule has 6 nitrogen and oxygen atoms in total. The van der Waals surface area contributed by atoms with Crippen LogP contribution in [0, 0.1) is 0 Å². The molecule has 0 fully saturated rings. The number of hydrogen-bond acceptors (Lipinski definition) is 4. The van der Waals surface area contributed by atoms with Crippen LogP contribution in [0.1, 0.15) is 0 Å². The molecule has 0 aliphatic heterocycles. The Kier molecular flexibility index (Phi) is 9.05. The second-order valence-corrected chi connectivity index (χ2v) is 5.63. The smallest absolute Gasteiger partial charge is 0.406 e. The summed E-state index contributed by atoms with van der Waals surface area (Å²) in [6.07, 6.45) is -9.45. The van der Waals surface area contributed by atoms with Crippen LogP contribution >= 0.6 is 23.2 Å². The first-order chi connectivity index (χ1) is 13.7. The van der Waals surface area contributed by atoms with Crippen LogP contribution in [0.25, 0.3) is 0 Å². The maximum Gasteiger partial charge on any atom is 0.573 e. The fourth-order valence-electron chi connectivity index (χ4n) is 1.71. The maximum atomic E-state index is 11.7. The standard InChI is InChI=1S/2C8H5ClF3NO2/c2*9-7(14)13-5-1-3-6(4-2-5)15-8(10,11)12/h2*1-4H,(H,13,14). The number of anilines is 2. The number of halogens is 8. The Hall–Kier alpha value is -2.86. The molecule has 2 amide bonds. The third-order valence-electron chi connectivity index (χ3n) is 2.66. The Balaban J connectivity index is 0.000000300. The predicted octanol–water partition coefficient (Wildman–Crippen LogP) is 6.71. The van der Waals surface area contributed by atoms with Gasteiger partial charge < -0.3 is 20.1 Å². The summed E-state index contributed by atoms with van der Waals surface area (Å²) >= 11 is 9.99. The summed E-state index contributed by atoms with van der Waals surface area (Å²) in [6, 6.07) is 9.21. The molecule has 2 rings (SSSR count). The molecule has 0 aliphatic rings. The van der Waals surface area contributed by atoms with Crippen LogP contribution < -0.4 is 20.1 Å². The highest BCUT2D eigenvalue weighted by atomic mass is 35.5. The molecule has 0 aromatic heterocycles. The number of alkyl halides is 6. The van der Waals surface area contributed by atoms with E-state index < -0.39 is 23.5 Å². The first-order valence-electron chi connectivity index (χ1n) is 7.38. The zero-order valence-corrected chi connectivity index (χ0v) is 15.8. The average Bonchev–Trinajstić information content (AvgIpc) is 2.55. The van der Waals surface area contributed by atoms with Gasteiger partial charge in [-0.25, -0.2) is 0 Å². The molecule has 0 unspecified atom stereocenters. The lowest BCUT2D eigenvalue weighted by atomic mass is 10.3. The van der Waals surface area contributed by atoms with Crippen molar-refractivity contribution in [2.24, 2.45) is 0 Å². The number of rotatable bonds is 4. The van der Waals surface area contributed by atoms with E-state index in [9.17, 15) is 35.9 Å². The summed E-state index contributed by atoms with van der Waals surface area (Å²) in [5.74, 6) is -0.731. The van der Waals surface area contributed by atoms with Crippen molar-refractivity contribution in [1.82, 2.24) is 0 Å². The van der Waals surface area contributed by atoms with Crippen LogP contribution in [0.2, 0.25) is 0 Å². The highest BCUT2D eigenvalue weighted by Gasteiger charge is 2.31. The van der Waals surface area contributed by atoms with E-state index >= 15 is 0 Å². The van der Waals surface area contributed by atoms with E-state index in [1.54, 1.807) is 0 Å². The van der Waals surface area contributed by atoms with Gasteiger partial charge in [-0.3, -0.25) is 9.59 Å². The first kappa shape index (κ1) is 25.2. The molecule has 0 saturated heterocycles. The minimum atomic E-state index is -4.72. The third kappa shape index (κ3) is 11.9. The van der Waals surface area contributed by atoms with E-state index in [4.69, 9.17) is 23.2 Å². The highest BCUT2D eigenvalue weighted by molar-refractivity contribution is 6.66. The number of carbonyl (C=O) groups excluding carboxylic acids is 2. The van der Waals surface area contributed by atoms with Gasteiger partial charge in [0.1, 0.15) is 11.5 Å². The van der Waals surface area contributed by atoms with E-state index in [0.717, 1.165) is 24.3 Å². The number of hydrogen-bond donors (Lipinski definition) is 2. The van der Waals surface area contributed by atoms with E-state index in [1.165, 1.54) is 24.3 Å². The second-order valence-electron chi connectivity index (χ2n) is 4.94. The highest BCUT2D eigenvalue weighted by Crippen LogP contribution is 2.25. The van der Waals surface area contributed by atoms with E-state index in [0.29, 0.717) is 0 Å². The molecule has 2 aromatic rings. The maximum absolute atomic E-state index is 11.7. The van der Waals surface area contributed by atoms with Crippen molar-refractivity contribution in [2.75, 3.05) is 10.6 Å². The van der Waals surface area contributed by atoms with Gasteiger partial charge in [-0.15, -0.1) is 26.3 Å². The normalized spacial score (nSPS) is 10.9. The van der Waals surface area contributed by atoms with Gasteiger partial charge in [0.05, 0.1) is 0 Å². The van der Waals surface area contributed by atoms with Gasteiger partial charge in [-0.2, -0.15) is 0 Å². The fourth-order valence-corrected chi connectivity index (χ4v) is 1.93. The monoisotopic (exact) mass is 478 g/mol. The van der Waals surface area contributed by atoms with Crippen molar-refractivity contribution in [3.8, 4) is 11.5 Å². The van der Waals surface area contributed by atoms with Gasteiger partial charge in [-0.05, 0) is 71.7 Å². The zero-order valence-electron chi connectivity index (χ0n) is 14.3. The van der Waals surface area contributed by atoms with Gasteiger partial charge in [0.2, 0.25) is 0 Å². The molecule has 14 heteroatoms. The molecule has 2 N–H and O–H groups in total. The van der Waals surface area contributed by atoms with E-state index in [2.05, 4.69) is 20.1 Å². The molecule has 0 radical (unpaired) electrons. The van der Waals surface area contributed by atoms with Gasteiger partial charge in [-0.1, -0.05) is 0 Å².